The third-order valence-electron chi connectivity index (χ3n) is 6.51. The van der Waals surface area contributed by atoms with Gasteiger partial charge in [-0.1, -0.05) is 54.6 Å². The molecule has 0 aliphatic heterocycles. The lowest BCUT2D eigenvalue weighted by Crippen LogP contribution is -2.26. The molecule has 0 aliphatic carbocycles. The summed E-state index contributed by atoms with van der Waals surface area (Å²) in [7, 11) is -3.57. The van der Waals surface area contributed by atoms with E-state index in [9.17, 15) is 23.4 Å². The van der Waals surface area contributed by atoms with Gasteiger partial charge >= 0.3 is 5.97 Å². The van der Waals surface area contributed by atoms with E-state index >= 15 is 0 Å². The molecule has 44 heavy (non-hydrogen) atoms. The highest BCUT2D eigenvalue weighted by atomic mass is 32.2. The van der Waals surface area contributed by atoms with Crippen molar-refractivity contribution in [2.75, 3.05) is 37.3 Å². The molecule has 0 aromatic heterocycles. The van der Waals surface area contributed by atoms with Crippen LogP contribution in [0.3, 0.4) is 0 Å². The van der Waals surface area contributed by atoms with Crippen molar-refractivity contribution in [1.29, 1.82) is 0 Å². The number of ether oxygens (including phenoxy) is 3. The van der Waals surface area contributed by atoms with Gasteiger partial charge in [0.1, 0.15) is 36.0 Å². The van der Waals surface area contributed by atoms with Crippen LogP contribution in [0.15, 0.2) is 91.0 Å². The molecule has 0 aliphatic rings. The number of rotatable bonds is 16. The van der Waals surface area contributed by atoms with E-state index in [0.29, 0.717) is 42.6 Å². The molecule has 1 unspecified atom stereocenters. The average Bonchev–Trinajstić information content (AvgIpc) is 3.00. The molecule has 0 heterocycles. The Labute approximate surface area is 257 Å². The Balaban J connectivity index is 1.28. The van der Waals surface area contributed by atoms with Crippen molar-refractivity contribution in [3.63, 3.8) is 0 Å². The van der Waals surface area contributed by atoms with Crippen LogP contribution in [0, 0.1) is 0 Å². The number of carbonyl (C=O) groups is 1. The smallest absolute Gasteiger partial charge is 0.339 e. The number of nitrogens with one attached hydrogen (secondary N) is 2. The van der Waals surface area contributed by atoms with E-state index < -0.39 is 22.1 Å². The van der Waals surface area contributed by atoms with Crippen molar-refractivity contribution in [1.82, 2.24) is 5.32 Å². The zero-order valence-corrected chi connectivity index (χ0v) is 25.3. The fourth-order valence-corrected chi connectivity index (χ4v) is 4.95. The first kappa shape index (κ1) is 32.3. The normalized spacial score (nSPS) is 11.9. The number of carboxylic acid groups (broad SMARTS) is 1. The van der Waals surface area contributed by atoms with Crippen molar-refractivity contribution < 1.29 is 37.6 Å². The van der Waals surface area contributed by atoms with Crippen molar-refractivity contribution >= 4 is 21.7 Å². The van der Waals surface area contributed by atoms with Crippen LogP contribution in [-0.4, -0.2) is 57.2 Å². The van der Waals surface area contributed by atoms with Crippen LogP contribution in [0.25, 0.3) is 11.1 Å². The van der Waals surface area contributed by atoms with E-state index in [-0.39, 0.29) is 24.4 Å². The maximum absolute atomic E-state index is 12.0. The van der Waals surface area contributed by atoms with Crippen LogP contribution in [0.4, 0.5) is 5.69 Å². The van der Waals surface area contributed by atoms with Gasteiger partial charge < -0.3 is 29.7 Å². The summed E-state index contributed by atoms with van der Waals surface area (Å²) in [6.45, 7) is 3.45. The van der Waals surface area contributed by atoms with E-state index in [1.54, 1.807) is 37.3 Å². The van der Waals surface area contributed by atoms with Crippen LogP contribution >= 0.6 is 0 Å². The van der Waals surface area contributed by atoms with E-state index in [4.69, 9.17) is 14.2 Å². The highest BCUT2D eigenvalue weighted by molar-refractivity contribution is 7.92. The zero-order valence-electron chi connectivity index (χ0n) is 24.5. The minimum absolute atomic E-state index is 0.115. The van der Waals surface area contributed by atoms with Gasteiger partial charge in [-0.05, 0) is 65.6 Å². The Hall–Kier alpha value is -4.58. The summed E-state index contributed by atoms with van der Waals surface area (Å²) in [5.74, 6) is 0.294. The highest BCUT2D eigenvalue weighted by Gasteiger charge is 2.15. The van der Waals surface area contributed by atoms with Crippen molar-refractivity contribution in [3.05, 3.63) is 108 Å². The number of carboxylic acids is 1. The molecule has 1 atom stereocenters. The molecule has 0 saturated heterocycles. The van der Waals surface area contributed by atoms with Gasteiger partial charge in [-0.3, -0.25) is 4.72 Å². The SMILES string of the molecule is CCOc1cc(-c2ccc(OCCNCC(O)c3ccc(OCc4ccccc4)c(NS(C)(=O)=O)c3)cc2)ccc1C(=O)O. The lowest BCUT2D eigenvalue weighted by atomic mass is 10.0. The zero-order chi connectivity index (χ0) is 31.5. The molecule has 0 saturated carbocycles. The molecule has 0 radical (unpaired) electrons. The molecule has 232 valence electrons. The van der Waals surface area contributed by atoms with Crippen LogP contribution in [-0.2, 0) is 16.6 Å². The van der Waals surface area contributed by atoms with Crippen LogP contribution in [0.2, 0.25) is 0 Å². The quantitative estimate of drug-likeness (QED) is 0.126. The molecule has 11 heteroatoms. The monoisotopic (exact) mass is 620 g/mol. The van der Waals surface area contributed by atoms with Gasteiger partial charge in [-0.15, -0.1) is 0 Å². The molecule has 0 bridgehead atoms. The predicted molar refractivity (Wildman–Crippen MR) is 169 cm³/mol. The summed E-state index contributed by atoms with van der Waals surface area (Å²) in [6.07, 6.45) is 0.162. The van der Waals surface area contributed by atoms with Gasteiger partial charge in [0, 0.05) is 13.1 Å². The number of hydrogen-bond donors (Lipinski definition) is 4. The third-order valence-corrected chi connectivity index (χ3v) is 7.10. The summed E-state index contributed by atoms with van der Waals surface area (Å²) in [4.78, 5) is 11.4. The molecule has 0 amide bonds. The fraction of sp³-hybridized carbons (Fsp3) is 0.242. The molecule has 4 rings (SSSR count). The van der Waals surface area contributed by atoms with E-state index in [0.717, 1.165) is 22.9 Å². The van der Waals surface area contributed by atoms with Crippen molar-refractivity contribution in [2.45, 2.75) is 19.6 Å². The fourth-order valence-electron chi connectivity index (χ4n) is 4.39. The van der Waals surface area contributed by atoms with Crippen molar-refractivity contribution in [2.24, 2.45) is 0 Å². The second-order valence-electron chi connectivity index (χ2n) is 9.95. The number of aliphatic hydroxyl groups excluding tert-OH is 1. The number of aromatic carboxylic acids is 1. The molecule has 4 aromatic carbocycles. The van der Waals surface area contributed by atoms with E-state index in [1.165, 1.54) is 6.07 Å². The molecular formula is C33H36N2O8S. The first-order valence-electron chi connectivity index (χ1n) is 14.0. The number of sulfonamides is 1. The molecule has 4 aromatic rings. The minimum atomic E-state index is -3.57. The molecule has 0 fully saturated rings. The van der Waals surface area contributed by atoms with Gasteiger partial charge in [-0.2, -0.15) is 0 Å². The van der Waals surface area contributed by atoms with Gasteiger partial charge in [0.15, 0.2) is 0 Å². The summed E-state index contributed by atoms with van der Waals surface area (Å²) in [6, 6.07) is 26.8. The summed E-state index contributed by atoms with van der Waals surface area (Å²) < 4.78 is 43.5. The minimum Gasteiger partial charge on any atom is -0.493 e. The summed E-state index contributed by atoms with van der Waals surface area (Å²) >= 11 is 0. The first-order chi connectivity index (χ1) is 21.1. The molecule has 0 spiro atoms. The lowest BCUT2D eigenvalue weighted by molar-refractivity contribution is 0.0692. The lowest BCUT2D eigenvalue weighted by Gasteiger charge is -2.17. The Morgan fingerprint density at radius 1 is 0.864 bits per heavy atom. The van der Waals surface area contributed by atoms with E-state index in [2.05, 4.69) is 10.0 Å². The Morgan fingerprint density at radius 3 is 2.27 bits per heavy atom. The highest BCUT2D eigenvalue weighted by Crippen LogP contribution is 2.31. The van der Waals surface area contributed by atoms with Crippen LogP contribution in [0.1, 0.15) is 34.5 Å². The number of anilines is 1. The second kappa shape index (κ2) is 15.2. The Bertz CT molecular complexity index is 1640. The van der Waals surface area contributed by atoms with Gasteiger partial charge in [-0.25, -0.2) is 13.2 Å². The average molecular weight is 621 g/mol. The number of aliphatic hydroxyl groups is 1. The Kier molecular flexibility index (Phi) is 11.2. The molecule has 10 nitrogen and oxygen atoms in total. The maximum Gasteiger partial charge on any atom is 0.339 e. The van der Waals surface area contributed by atoms with Crippen LogP contribution < -0.4 is 24.2 Å². The third kappa shape index (κ3) is 9.46. The predicted octanol–water partition coefficient (Wildman–Crippen LogP) is 5.10. The first-order valence-corrected chi connectivity index (χ1v) is 15.9. The largest absolute Gasteiger partial charge is 0.493 e. The number of hydrogen-bond acceptors (Lipinski definition) is 8. The molecular weight excluding hydrogens is 584 g/mol. The Morgan fingerprint density at radius 2 is 1.59 bits per heavy atom. The van der Waals surface area contributed by atoms with Gasteiger partial charge in [0.05, 0.1) is 24.7 Å². The summed E-state index contributed by atoms with van der Waals surface area (Å²) in [5.41, 5.74) is 3.54. The molecule has 4 N–H and O–H groups in total. The van der Waals surface area contributed by atoms with Crippen molar-refractivity contribution in [3.8, 4) is 28.4 Å². The van der Waals surface area contributed by atoms with Gasteiger partial charge in [0.2, 0.25) is 10.0 Å². The maximum atomic E-state index is 12.0. The number of benzene rings is 4. The summed E-state index contributed by atoms with van der Waals surface area (Å²) in [5, 5.41) is 23.2. The second-order valence-corrected chi connectivity index (χ2v) is 11.7. The topological polar surface area (TPSA) is 143 Å². The standard InChI is InChI=1S/C33H36N2O8S/c1-3-41-32-20-25(11-15-28(32)33(37)38)24-9-13-27(14-10-24)42-18-17-34-21-30(36)26-12-16-31(29(19-26)35-44(2,39)40)43-22-23-7-5-4-6-8-23/h4-16,19-20,30,34-36H,3,17-18,21-22H2,1-2H3,(H,37,38). The van der Waals surface area contributed by atoms with E-state index in [1.807, 2.05) is 54.6 Å². The van der Waals surface area contributed by atoms with Gasteiger partial charge in [0.25, 0.3) is 0 Å². The van der Waals surface area contributed by atoms with Crippen LogP contribution in [0.5, 0.6) is 17.2 Å².